The summed E-state index contributed by atoms with van der Waals surface area (Å²) in [6, 6.07) is 7.18. The molecule has 1 heterocycles. The summed E-state index contributed by atoms with van der Waals surface area (Å²) in [4.78, 5) is 11.9. The normalized spacial score (nSPS) is 16.0. The number of rotatable bonds is 3. The molecule has 1 amide bonds. The molecule has 22 heavy (non-hydrogen) atoms. The van der Waals surface area contributed by atoms with E-state index in [0.29, 0.717) is 12.2 Å². The van der Waals surface area contributed by atoms with Crippen LogP contribution in [0.3, 0.4) is 0 Å². The maximum absolute atomic E-state index is 13.1. The molecule has 0 aliphatic carbocycles. The summed E-state index contributed by atoms with van der Waals surface area (Å²) in [7, 11) is 0. The van der Waals surface area contributed by atoms with Crippen LogP contribution in [0.5, 0.6) is 5.75 Å². The van der Waals surface area contributed by atoms with Gasteiger partial charge in [-0.15, -0.1) is 0 Å². The molecule has 0 radical (unpaired) electrons. The van der Waals surface area contributed by atoms with Gasteiger partial charge in [-0.1, -0.05) is 0 Å². The van der Waals surface area contributed by atoms with Gasteiger partial charge in [0.15, 0.2) is 11.6 Å². The lowest BCUT2D eigenvalue weighted by molar-refractivity contribution is 0.0933. The van der Waals surface area contributed by atoms with Crippen molar-refractivity contribution in [2.45, 2.75) is 12.5 Å². The van der Waals surface area contributed by atoms with Crippen molar-refractivity contribution in [2.24, 2.45) is 0 Å². The topological polar surface area (TPSA) is 38.3 Å². The van der Waals surface area contributed by atoms with E-state index in [1.165, 1.54) is 18.2 Å². The maximum Gasteiger partial charge on any atom is 0.251 e. The third kappa shape index (κ3) is 2.90. The zero-order chi connectivity index (χ0) is 15.7. The smallest absolute Gasteiger partial charge is 0.251 e. The Bertz CT molecular complexity index is 733. The van der Waals surface area contributed by atoms with Crippen LogP contribution in [0.4, 0.5) is 13.2 Å². The number of nitrogens with one attached hydrogen (secondary N) is 1. The summed E-state index contributed by atoms with van der Waals surface area (Å²) in [5.41, 5.74) is 0.771. The van der Waals surface area contributed by atoms with E-state index in [9.17, 15) is 18.0 Å². The monoisotopic (exact) mass is 307 g/mol. The molecule has 2 aromatic carbocycles. The molecule has 0 spiro atoms. The molecular weight excluding hydrogens is 295 g/mol. The van der Waals surface area contributed by atoms with Gasteiger partial charge in [0, 0.05) is 17.5 Å². The van der Waals surface area contributed by atoms with E-state index in [0.717, 1.165) is 17.7 Å². The number of hydrogen-bond donors (Lipinski definition) is 1. The molecule has 0 bridgehead atoms. The summed E-state index contributed by atoms with van der Waals surface area (Å²) in [6.45, 7) is 0.189. The molecule has 114 valence electrons. The highest BCUT2D eigenvalue weighted by Crippen LogP contribution is 2.28. The highest BCUT2D eigenvalue weighted by molar-refractivity contribution is 5.94. The van der Waals surface area contributed by atoms with Gasteiger partial charge in [-0.25, -0.2) is 13.2 Å². The first-order valence-electron chi connectivity index (χ1n) is 6.71. The Morgan fingerprint density at radius 3 is 2.73 bits per heavy atom. The van der Waals surface area contributed by atoms with Crippen LogP contribution in [0.1, 0.15) is 15.9 Å². The molecule has 1 aliphatic heterocycles. The first kappa shape index (κ1) is 14.4. The number of hydrogen-bond acceptors (Lipinski definition) is 2. The summed E-state index contributed by atoms with van der Waals surface area (Å²) in [5.74, 6) is -2.35. The third-order valence-corrected chi connectivity index (χ3v) is 3.44. The second-order valence-electron chi connectivity index (χ2n) is 5.03. The van der Waals surface area contributed by atoms with Gasteiger partial charge < -0.3 is 10.1 Å². The van der Waals surface area contributed by atoms with Crippen LogP contribution in [0.15, 0.2) is 36.4 Å². The van der Waals surface area contributed by atoms with Crippen molar-refractivity contribution in [2.75, 3.05) is 6.54 Å². The van der Waals surface area contributed by atoms with E-state index in [-0.39, 0.29) is 24.0 Å². The fourth-order valence-electron chi connectivity index (χ4n) is 2.35. The Morgan fingerprint density at radius 2 is 1.95 bits per heavy atom. The van der Waals surface area contributed by atoms with Crippen molar-refractivity contribution in [1.29, 1.82) is 0 Å². The highest BCUT2D eigenvalue weighted by Gasteiger charge is 2.23. The summed E-state index contributed by atoms with van der Waals surface area (Å²) < 4.78 is 44.6. The molecule has 0 aromatic heterocycles. The lowest BCUT2D eigenvalue weighted by atomic mass is 10.1. The van der Waals surface area contributed by atoms with Gasteiger partial charge in [0.1, 0.15) is 17.7 Å². The van der Waals surface area contributed by atoms with Crippen LogP contribution in [0, 0.1) is 17.5 Å². The van der Waals surface area contributed by atoms with Crippen LogP contribution < -0.4 is 10.1 Å². The largest absolute Gasteiger partial charge is 0.488 e. The SMILES string of the molecule is O=C(NCC1Cc2cc(F)ccc2O1)c1ccc(F)c(F)c1. The standard InChI is InChI=1S/C16H12F3NO2/c17-11-2-4-15-10(5-11)6-12(22-15)8-20-16(21)9-1-3-13(18)14(19)7-9/h1-5,7,12H,6,8H2,(H,20,21). The molecule has 0 fully saturated rings. The molecule has 2 aromatic rings. The van der Waals surface area contributed by atoms with E-state index in [1.807, 2.05) is 0 Å². The fraction of sp³-hybridized carbons (Fsp3) is 0.188. The molecule has 1 atom stereocenters. The third-order valence-electron chi connectivity index (χ3n) is 3.44. The first-order valence-corrected chi connectivity index (χ1v) is 6.71. The summed E-state index contributed by atoms with van der Waals surface area (Å²) in [5, 5.41) is 2.59. The second kappa shape index (κ2) is 5.71. The Labute approximate surface area is 124 Å². The van der Waals surface area contributed by atoms with E-state index in [2.05, 4.69) is 5.32 Å². The van der Waals surface area contributed by atoms with Crippen LogP contribution in [0.2, 0.25) is 0 Å². The number of amides is 1. The van der Waals surface area contributed by atoms with Crippen molar-refractivity contribution in [1.82, 2.24) is 5.32 Å². The summed E-state index contributed by atoms with van der Waals surface area (Å²) >= 11 is 0. The average Bonchev–Trinajstić information content (AvgIpc) is 2.89. The van der Waals surface area contributed by atoms with Gasteiger partial charge >= 0.3 is 0 Å². The number of ether oxygens (including phenoxy) is 1. The number of benzene rings is 2. The Balaban J connectivity index is 1.59. The van der Waals surface area contributed by atoms with Crippen LogP contribution >= 0.6 is 0 Å². The van der Waals surface area contributed by atoms with E-state index >= 15 is 0 Å². The molecule has 1 N–H and O–H groups in total. The predicted octanol–water partition coefficient (Wildman–Crippen LogP) is 2.84. The van der Waals surface area contributed by atoms with Crippen molar-refractivity contribution in [3.05, 3.63) is 65.0 Å². The molecule has 0 saturated heterocycles. The number of halogens is 3. The zero-order valence-electron chi connectivity index (χ0n) is 11.4. The fourth-order valence-corrected chi connectivity index (χ4v) is 2.35. The summed E-state index contributed by atoms with van der Waals surface area (Å²) in [6.07, 6.45) is 0.163. The van der Waals surface area contributed by atoms with Crippen molar-refractivity contribution < 1.29 is 22.7 Å². The number of carbonyl (C=O) groups excluding carboxylic acids is 1. The molecule has 1 aliphatic rings. The van der Waals surface area contributed by atoms with Crippen molar-refractivity contribution >= 4 is 5.91 Å². The Hall–Kier alpha value is -2.50. The number of carbonyl (C=O) groups is 1. The quantitative estimate of drug-likeness (QED) is 0.947. The molecular formula is C16H12F3NO2. The molecule has 3 nitrogen and oxygen atoms in total. The Morgan fingerprint density at radius 1 is 1.14 bits per heavy atom. The van der Waals surface area contributed by atoms with Crippen LogP contribution in [-0.2, 0) is 6.42 Å². The van der Waals surface area contributed by atoms with E-state index < -0.39 is 17.5 Å². The highest BCUT2D eigenvalue weighted by atomic mass is 19.2. The van der Waals surface area contributed by atoms with Gasteiger partial charge in [-0.05, 0) is 36.4 Å². The van der Waals surface area contributed by atoms with Gasteiger partial charge in [0.25, 0.3) is 5.91 Å². The van der Waals surface area contributed by atoms with Gasteiger partial charge in [-0.2, -0.15) is 0 Å². The minimum atomic E-state index is -1.08. The predicted molar refractivity (Wildman–Crippen MR) is 73.2 cm³/mol. The lowest BCUT2D eigenvalue weighted by Gasteiger charge is -2.12. The van der Waals surface area contributed by atoms with E-state index in [4.69, 9.17) is 4.74 Å². The van der Waals surface area contributed by atoms with Crippen LogP contribution in [0.25, 0.3) is 0 Å². The van der Waals surface area contributed by atoms with Crippen LogP contribution in [-0.4, -0.2) is 18.6 Å². The van der Waals surface area contributed by atoms with Gasteiger partial charge in [0.05, 0.1) is 6.54 Å². The molecule has 0 saturated carbocycles. The average molecular weight is 307 g/mol. The van der Waals surface area contributed by atoms with Gasteiger partial charge in [0.2, 0.25) is 0 Å². The van der Waals surface area contributed by atoms with Gasteiger partial charge in [-0.3, -0.25) is 4.79 Å². The minimum Gasteiger partial charge on any atom is -0.488 e. The second-order valence-corrected chi connectivity index (χ2v) is 5.03. The lowest BCUT2D eigenvalue weighted by Crippen LogP contribution is -2.34. The first-order chi connectivity index (χ1) is 10.5. The van der Waals surface area contributed by atoms with Crippen molar-refractivity contribution in [3.63, 3.8) is 0 Å². The van der Waals surface area contributed by atoms with Crippen molar-refractivity contribution in [3.8, 4) is 5.75 Å². The van der Waals surface area contributed by atoms with E-state index in [1.54, 1.807) is 6.07 Å². The molecule has 1 unspecified atom stereocenters. The zero-order valence-corrected chi connectivity index (χ0v) is 11.4. The molecule has 3 rings (SSSR count). The Kier molecular flexibility index (Phi) is 3.75. The molecule has 6 heteroatoms. The maximum atomic E-state index is 13.1. The minimum absolute atomic E-state index is 0.0282. The number of fused-ring (bicyclic) bond motifs is 1.